The fourth-order valence-electron chi connectivity index (χ4n) is 2.41. The van der Waals surface area contributed by atoms with Gasteiger partial charge in [0.05, 0.1) is 10.7 Å². The second-order valence-electron chi connectivity index (χ2n) is 5.64. The third-order valence-electron chi connectivity index (χ3n) is 3.69. The Hall–Kier alpha value is -2.70. The average molecular weight is 386 g/mol. The Morgan fingerprint density at radius 3 is 2.38 bits per heavy atom. The molecule has 1 heterocycles. The number of hydrogen-bond donors (Lipinski definition) is 2. The fraction of sp³-hybridized carbons (Fsp3) is 0.105. The molecule has 0 saturated heterocycles. The summed E-state index contributed by atoms with van der Waals surface area (Å²) < 4.78 is 0.955. The van der Waals surface area contributed by atoms with Crippen LogP contribution in [0.5, 0.6) is 0 Å². The van der Waals surface area contributed by atoms with Gasteiger partial charge in [0, 0.05) is 22.7 Å². The van der Waals surface area contributed by atoms with Gasteiger partial charge < -0.3 is 5.32 Å². The van der Waals surface area contributed by atoms with E-state index in [1.54, 1.807) is 19.1 Å². The standard InChI is InChI=1S/C19H16ClN3O2S/c1-11(13-7-9-14(10-8-13)21-12(2)24)22-23-19(25)18-17(20)15-5-3-4-6-16(15)26-18/h3-10H,1-2H3,(H,21,24)(H,23,25)/b22-11+. The lowest BCUT2D eigenvalue weighted by molar-refractivity contribution is -0.114. The van der Waals surface area contributed by atoms with E-state index in [4.69, 9.17) is 11.6 Å². The van der Waals surface area contributed by atoms with Gasteiger partial charge in [0.15, 0.2) is 0 Å². The van der Waals surface area contributed by atoms with Crippen molar-refractivity contribution in [2.75, 3.05) is 5.32 Å². The van der Waals surface area contributed by atoms with E-state index < -0.39 is 0 Å². The average Bonchev–Trinajstić information content (AvgIpc) is 2.97. The number of rotatable bonds is 4. The van der Waals surface area contributed by atoms with E-state index >= 15 is 0 Å². The molecule has 2 amide bonds. The molecular weight excluding hydrogens is 370 g/mol. The maximum Gasteiger partial charge on any atom is 0.283 e. The molecule has 0 spiro atoms. The minimum atomic E-state index is -0.342. The van der Waals surface area contributed by atoms with E-state index in [9.17, 15) is 9.59 Å². The first-order chi connectivity index (χ1) is 12.5. The van der Waals surface area contributed by atoms with Crippen LogP contribution in [0.25, 0.3) is 10.1 Å². The first-order valence-corrected chi connectivity index (χ1v) is 9.05. The predicted octanol–water partition coefficient (Wildman–Crippen LogP) is 4.67. The van der Waals surface area contributed by atoms with Crippen molar-refractivity contribution in [1.29, 1.82) is 0 Å². The van der Waals surface area contributed by atoms with Crippen LogP contribution in [0.1, 0.15) is 29.1 Å². The van der Waals surface area contributed by atoms with Gasteiger partial charge in [-0.1, -0.05) is 41.9 Å². The molecule has 0 atom stereocenters. The third kappa shape index (κ3) is 3.92. The molecule has 2 aromatic carbocycles. The molecule has 26 heavy (non-hydrogen) atoms. The number of halogens is 1. The molecule has 0 aliphatic carbocycles. The number of fused-ring (bicyclic) bond motifs is 1. The van der Waals surface area contributed by atoms with Gasteiger partial charge in [-0.05, 0) is 30.7 Å². The number of thiophene rings is 1. The number of nitrogens with zero attached hydrogens (tertiary/aromatic N) is 1. The Labute approximate surface area is 159 Å². The molecule has 0 radical (unpaired) electrons. The number of carbonyl (C=O) groups excluding carboxylic acids is 2. The van der Waals surface area contributed by atoms with Crippen molar-refractivity contribution in [3.63, 3.8) is 0 Å². The molecule has 0 aliphatic rings. The maximum atomic E-state index is 12.4. The number of amides is 2. The van der Waals surface area contributed by atoms with Gasteiger partial charge in [-0.25, -0.2) is 5.43 Å². The molecule has 2 N–H and O–H groups in total. The fourth-order valence-corrected chi connectivity index (χ4v) is 3.81. The maximum absolute atomic E-state index is 12.4. The number of carbonyl (C=O) groups is 2. The summed E-state index contributed by atoms with van der Waals surface area (Å²) in [7, 11) is 0. The summed E-state index contributed by atoms with van der Waals surface area (Å²) in [6, 6.07) is 14.8. The monoisotopic (exact) mass is 385 g/mol. The smallest absolute Gasteiger partial charge is 0.283 e. The van der Waals surface area contributed by atoms with Crippen molar-refractivity contribution in [3.05, 3.63) is 64.0 Å². The van der Waals surface area contributed by atoms with E-state index in [1.165, 1.54) is 18.3 Å². The SMILES string of the molecule is CC(=O)Nc1ccc(/C(C)=N/NC(=O)c2sc3ccccc3c2Cl)cc1. The van der Waals surface area contributed by atoms with Crippen LogP contribution in [-0.2, 0) is 4.79 Å². The van der Waals surface area contributed by atoms with Crippen LogP contribution in [0.4, 0.5) is 5.69 Å². The lowest BCUT2D eigenvalue weighted by Gasteiger charge is -2.05. The zero-order chi connectivity index (χ0) is 18.7. The van der Waals surface area contributed by atoms with Crippen LogP contribution >= 0.6 is 22.9 Å². The van der Waals surface area contributed by atoms with Crippen molar-refractivity contribution in [2.24, 2.45) is 5.10 Å². The highest BCUT2D eigenvalue weighted by Crippen LogP contribution is 2.34. The molecule has 0 fully saturated rings. The molecule has 0 aliphatic heterocycles. The van der Waals surface area contributed by atoms with Gasteiger partial charge in [0.2, 0.25) is 5.91 Å². The van der Waals surface area contributed by atoms with Crippen LogP contribution in [0, 0.1) is 0 Å². The van der Waals surface area contributed by atoms with Gasteiger partial charge in [0.25, 0.3) is 5.91 Å². The zero-order valence-electron chi connectivity index (χ0n) is 14.2. The van der Waals surface area contributed by atoms with Crippen molar-refractivity contribution in [3.8, 4) is 0 Å². The van der Waals surface area contributed by atoms with Crippen molar-refractivity contribution < 1.29 is 9.59 Å². The van der Waals surface area contributed by atoms with Crippen molar-refractivity contribution in [2.45, 2.75) is 13.8 Å². The molecule has 0 bridgehead atoms. The highest BCUT2D eigenvalue weighted by Gasteiger charge is 2.16. The van der Waals surface area contributed by atoms with Crippen LogP contribution < -0.4 is 10.7 Å². The van der Waals surface area contributed by atoms with Gasteiger partial charge in [-0.3, -0.25) is 9.59 Å². The first kappa shape index (κ1) is 18.1. The van der Waals surface area contributed by atoms with Crippen molar-refractivity contribution >= 4 is 56.2 Å². The van der Waals surface area contributed by atoms with Gasteiger partial charge >= 0.3 is 0 Å². The number of nitrogens with one attached hydrogen (secondary N) is 2. The Bertz CT molecular complexity index is 1010. The van der Waals surface area contributed by atoms with E-state index in [0.29, 0.717) is 21.3 Å². The van der Waals surface area contributed by atoms with Crippen LogP contribution in [0.15, 0.2) is 53.6 Å². The zero-order valence-corrected chi connectivity index (χ0v) is 15.7. The number of hydrogen-bond acceptors (Lipinski definition) is 4. The summed E-state index contributed by atoms with van der Waals surface area (Å²) in [4.78, 5) is 23.9. The summed E-state index contributed by atoms with van der Waals surface area (Å²) in [6.07, 6.45) is 0. The summed E-state index contributed by atoms with van der Waals surface area (Å²) in [5.41, 5.74) is 4.73. The summed E-state index contributed by atoms with van der Waals surface area (Å²) in [6.45, 7) is 3.25. The molecule has 7 heteroatoms. The normalized spacial score (nSPS) is 11.4. The van der Waals surface area contributed by atoms with E-state index in [2.05, 4.69) is 15.8 Å². The topological polar surface area (TPSA) is 70.6 Å². The lowest BCUT2D eigenvalue weighted by Crippen LogP contribution is -2.18. The highest BCUT2D eigenvalue weighted by molar-refractivity contribution is 7.21. The summed E-state index contributed by atoms with van der Waals surface area (Å²) >= 11 is 7.64. The minimum absolute atomic E-state index is 0.129. The Morgan fingerprint density at radius 1 is 1.04 bits per heavy atom. The van der Waals surface area contributed by atoms with Crippen LogP contribution in [0.2, 0.25) is 5.02 Å². The number of hydrazone groups is 1. The quantitative estimate of drug-likeness (QED) is 0.506. The first-order valence-electron chi connectivity index (χ1n) is 7.85. The second-order valence-corrected chi connectivity index (χ2v) is 7.07. The van der Waals surface area contributed by atoms with E-state index in [1.807, 2.05) is 36.4 Å². The Morgan fingerprint density at radius 2 is 1.73 bits per heavy atom. The third-order valence-corrected chi connectivity index (χ3v) is 5.36. The second kappa shape index (κ2) is 7.68. The van der Waals surface area contributed by atoms with Crippen LogP contribution in [0.3, 0.4) is 0 Å². The molecule has 0 saturated carbocycles. The Kier molecular flexibility index (Phi) is 5.35. The van der Waals surface area contributed by atoms with Gasteiger partial charge in [-0.15, -0.1) is 11.3 Å². The Balaban J connectivity index is 1.74. The minimum Gasteiger partial charge on any atom is -0.326 e. The van der Waals surface area contributed by atoms with Crippen molar-refractivity contribution in [1.82, 2.24) is 5.43 Å². The largest absolute Gasteiger partial charge is 0.326 e. The molecule has 132 valence electrons. The number of anilines is 1. The van der Waals surface area contributed by atoms with Gasteiger partial charge in [0.1, 0.15) is 4.88 Å². The summed E-state index contributed by atoms with van der Waals surface area (Å²) in [5.74, 6) is -0.471. The molecule has 5 nitrogen and oxygen atoms in total. The highest BCUT2D eigenvalue weighted by atomic mass is 35.5. The predicted molar refractivity (Wildman–Crippen MR) is 107 cm³/mol. The lowest BCUT2D eigenvalue weighted by atomic mass is 10.1. The van der Waals surface area contributed by atoms with E-state index in [-0.39, 0.29) is 11.8 Å². The van der Waals surface area contributed by atoms with E-state index in [0.717, 1.165) is 15.6 Å². The number of benzene rings is 2. The summed E-state index contributed by atoms with van der Waals surface area (Å²) in [5, 5.41) is 8.15. The molecule has 0 unspecified atom stereocenters. The molecule has 3 rings (SSSR count). The molecule has 1 aromatic heterocycles. The van der Waals surface area contributed by atoms with Crippen LogP contribution in [-0.4, -0.2) is 17.5 Å². The van der Waals surface area contributed by atoms with Gasteiger partial charge in [-0.2, -0.15) is 5.10 Å². The molecular formula is C19H16ClN3O2S. The molecule has 3 aromatic rings.